The molecule has 0 bridgehead atoms. The van der Waals surface area contributed by atoms with Gasteiger partial charge in [-0.3, -0.25) is 4.68 Å². The number of carbonyl (C=O) groups is 1. The van der Waals surface area contributed by atoms with Crippen LogP contribution in [0.5, 0.6) is 0 Å². The first-order valence-electron chi connectivity index (χ1n) is 4.92. The van der Waals surface area contributed by atoms with Crippen LogP contribution < -0.4 is 0 Å². The topological polar surface area (TPSA) is 55.1 Å². The molecule has 0 saturated heterocycles. The van der Waals surface area contributed by atoms with Crippen LogP contribution in [-0.4, -0.2) is 26.1 Å². The van der Waals surface area contributed by atoms with E-state index in [0.29, 0.717) is 16.6 Å². The van der Waals surface area contributed by atoms with Gasteiger partial charge < -0.3 is 5.11 Å². The summed E-state index contributed by atoms with van der Waals surface area (Å²) in [4.78, 5) is 10.9. The largest absolute Gasteiger partial charge is 0.478 e. The van der Waals surface area contributed by atoms with E-state index >= 15 is 0 Å². The molecule has 1 rings (SSSR count). The molecule has 1 heterocycles. The summed E-state index contributed by atoms with van der Waals surface area (Å²) >= 11 is 1.76. The summed E-state index contributed by atoms with van der Waals surface area (Å²) in [7, 11) is 1.78. The van der Waals surface area contributed by atoms with Crippen molar-refractivity contribution in [3.05, 3.63) is 17.5 Å². The molecule has 0 aromatic carbocycles. The Labute approximate surface area is 93.7 Å². The van der Waals surface area contributed by atoms with Gasteiger partial charge in [0.1, 0.15) is 5.56 Å². The lowest BCUT2D eigenvalue weighted by Gasteiger charge is -2.08. The molecule has 1 atom stereocenters. The smallest absolute Gasteiger partial charge is 0.339 e. The molecule has 84 valence electrons. The van der Waals surface area contributed by atoms with Crippen LogP contribution in [0.1, 0.15) is 36.3 Å². The molecule has 0 amide bonds. The Bertz CT molecular complexity index is 349. The van der Waals surface area contributed by atoms with E-state index in [-0.39, 0.29) is 0 Å². The average Bonchev–Trinajstić information content (AvgIpc) is 2.56. The first-order chi connectivity index (χ1) is 7.06. The molecule has 0 aliphatic heterocycles. The minimum Gasteiger partial charge on any atom is -0.478 e. The molecule has 0 spiro atoms. The fraction of sp³-hybridized carbons (Fsp3) is 0.600. The Morgan fingerprint density at radius 3 is 2.93 bits per heavy atom. The van der Waals surface area contributed by atoms with Crippen molar-refractivity contribution in [1.29, 1.82) is 0 Å². The molecule has 15 heavy (non-hydrogen) atoms. The second kappa shape index (κ2) is 5.21. The molecule has 4 nitrogen and oxygen atoms in total. The van der Waals surface area contributed by atoms with Crippen molar-refractivity contribution >= 4 is 17.7 Å². The quantitative estimate of drug-likeness (QED) is 0.839. The Balaban J connectivity index is 2.75. The van der Waals surface area contributed by atoms with Crippen LogP contribution in [0.4, 0.5) is 0 Å². The van der Waals surface area contributed by atoms with Gasteiger partial charge in [0, 0.05) is 18.1 Å². The first kappa shape index (κ1) is 12.1. The van der Waals surface area contributed by atoms with E-state index in [4.69, 9.17) is 5.11 Å². The standard InChI is InChI=1S/C10H16N2O2S/c1-4-7(2)15-6-9-8(10(13)14)5-11-12(9)3/h5,7H,4,6H2,1-3H3,(H,13,14). The van der Waals surface area contributed by atoms with Gasteiger partial charge in [0.2, 0.25) is 0 Å². The van der Waals surface area contributed by atoms with Gasteiger partial charge in [0.25, 0.3) is 0 Å². The summed E-state index contributed by atoms with van der Waals surface area (Å²) in [6, 6.07) is 0. The lowest BCUT2D eigenvalue weighted by molar-refractivity contribution is 0.0696. The predicted octanol–water partition coefficient (Wildman–Crippen LogP) is 2.15. The molecule has 5 heteroatoms. The van der Waals surface area contributed by atoms with Gasteiger partial charge in [-0.25, -0.2) is 4.79 Å². The van der Waals surface area contributed by atoms with Crippen LogP contribution in [-0.2, 0) is 12.8 Å². The zero-order valence-corrected chi connectivity index (χ0v) is 10.0. The van der Waals surface area contributed by atoms with Crippen molar-refractivity contribution in [1.82, 2.24) is 9.78 Å². The molecule has 0 saturated carbocycles. The van der Waals surface area contributed by atoms with Crippen LogP contribution in [0.15, 0.2) is 6.20 Å². The number of aryl methyl sites for hydroxylation is 1. The molecule has 0 aliphatic carbocycles. The maximum absolute atomic E-state index is 10.9. The van der Waals surface area contributed by atoms with Gasteiger partial charge in [-0.1, -0.05) is 13.8 Å². The third-order valence-corrected chi connectivity index (χ3v) is 3.71. The van der Waals surface area contributed by atoms with E-state index < -0.39 is 5.97 Å². The minimum absolute atomic E-state index is 0.313. The lowest BCUT2D eigenvalue weighted by Crippen LogP contribution is -2.05. The van der Waals surface area contributed by atoms with Crippen molar-refractivity contribution in [3.8, 4) is 0 Å². The summed E-state index contributed by atoms with van der Waals surface area (Å²) in [5.74, 6) is -0.199. The van der Waals surface area contributed by atoms with E-state index in [2.05, 4.69) is 18.9 Å². The fourth-order valence-corrected chi connectivity index (χ4v) is 2.17. The molecule has 1 aromatic heterocycles. The summed E-state index contributed by atoms with van der Waals surface area (Å²) in [6.45, 7) is 4.26. The number of hydrogen-bond acceptors (Lipinski definition) is 3. The van der Waals surface area contributed by atoms with Crippen LogP contribution in [0, 0.1) is 0 Å². The molecule has 0 aliphatic rings. The first-order valence-corrected chi connectivity index (χ1v) is 5.96. The second-order valence-corrected chi connectivity index (χ2v) is 4.89. The molecule has 1 aromatic rings. The third kappa shape index (κ3) is 2.99. The summed E-state index contributed by atoms with van der Waals surface area (Å²) < 4.78 is 1.64. The molecular formula is C10H16N2O2S. The number of aromatic carboxylic acids is 1. The summed E-state index contributed by atoms with van der Waals surface area (Å²) in [5, 5.41) is 13.4. The third-order valence-electron chi connectivity index (χ3n) is 2.37. The van der Waals surface area contributed by atoms with Gasteiger partial charge in [0.05, 0.1) is 11.9 Å². The number of carboxylic acids is 1. The fourth-order valence-electron chi connectivity index (χ4n) is 1.15. The normalized spacial score (nSPS) is 12.7. The van der Waals surface area contributed by atoms with Crippen LogP contribution in [0.2, 0.25) is 0 Å². The molecule has 0 radical (unpaired) electrons. The van der Waals surface area contributed by atoms with Crippen LogP contribution in [0.3, 0.4) is 0 Å². The van der Waals surface area contributed by atoms with E-state index in [1.807, 2.05) is 0 Å². The lowest BCUT2D eigenvalue weighted by atomic mass is 10.3. The van der Waals surface area contributed by atoms with Gasteiger partial charge in [0.15, 0.2) is 0 Å². The number of nitrogens with zero attached hydrogens (tertiary/aromatic N) is 2. The van der Waals surface area contributed by atoms with Crippen molar-refractivity contribution in [2.24, 2.45) is 7.05 Å². The summed E-state index contributed by atoms with van der Waals surface area (Å²) in [5.41, 5.74) is 1.10. The van der Waals surface area contributed by atoms with Crippen LogP contribution in [0.25, 0.3) is 0 Å². The number of rotatable bonds is 5. The van der Waals surface area contributed by atoms with Gasteiger partial charge in [-0.2, -0.15) is 16.9 Å². The second-order valence-electron chi connectivity index (χ2n) is 3.46. The molecule has 0 fully saturated rings. The van der Waals surface area contributed by atoms with Gasteiger partial charge in [-0.05, 0) is 6.42 Å². The zero-order chi connectivity index (χ0) is 11.4. The van der Waals surface area contributed by atoms with E-state index in [9.17, 15) is 4.79 Å². The van der Waals surface area contributed by atoms with Crippen molar-refractivity contribution in [2.75, 3.05) is 0 Å². The van der Waals surface area contributed by atoms with Crippen molar-refractivity contribution < 1.29 is 9.90 Å². The molecular weight excluding hydrogens is 212 g/mol. The van der Waals surface area contributed by atoms with E-state index in [1.165, 1.54) is 6.20 Å². The highest BCUT2D eigenvalue weighted by molar-refractivity contribution is 7.99. The molecule has 1 N–H and O–H groups in total. The number of hydrogen-bond donors (Lipinski definition) is 1. The zero-order valence-electron chi connectivity index (χ0n) is 9.23. The Hall–Kier alpha value is -0.970. The maximum Gasteiger partial charge on any atom is 0.339 e. The highest BCUT2D eigenvalue weighted by Gasteiger charge is 2.15. The SMILES string of the molecule is CCC(C)SCc1c(C(=O)O)cnn1C. The van der Waals surface area contributed by atoms with E-state index in [1.54, 1.807) is 23.5 Å². The van der Waals surface area contributed by atoms with Crippen molar-refractivity contribution in [2.45, 2.75) is 31.3 Å². The predicted molar refractivity (Wildman–Crippen MR) is 61.2 cm³/mol. The average molecular weight is 228 g/mol. The monoisotopic (exact) mass is 228 g/mol. The molecule has 1 unspecified atom stereocenters. The maximum atomic E-state index is 10.9. The summed E-state index contributed by atoms with van der Waals surface area (Å²) in [6.07, 6.45) is 2.50. The van der Waals surface area contributed by atoms with Gasteiger partial charge in [-0.15, -0.1) is 0 Å². The Morgan fingerprint density at radius 1 is 1.73 bits per heavy atom. The minimum atomic E-state index is -0.900. The number of carboxylic acid groups (broad SMARTS) is 1. The Kier molecular flexibility index (Phi) is 4.20. The number of thioether (sulfide) groups is 1. The highest BCUT2D eigenvalue weighted by Crippen LogP contribution is 2.21. The van der Waals surface area contributed by atoms with E-state index in [0.717, 1.165) is 12.1 Å². The Morgan fingerprint density at radius 2 is 2.40 bits per heavy atom. The van der Waals surface area contributed by atoms with Crippen molar-refractivity contribution in [3.63, 3.8) is 0 Å². The van der Waals surface area contributed by atoms with Gasteiger partial charge >= 0.3 is 5.97 Å². The number of aromatic nitrogens is 2. The highest BCUT2D eigenvalue weighted by atomic mass is 32.2. The van der Waals surface area contributed by atoms with Crippen LogP contribution >= 0.6 is 11.8 Å².